The van der Waals surface area contributed by atoms with Crippen molar-refractivity contribution in [3.63, 3.8) is 0 Å². The molecule has 2 aliphatic rings. The first-order valence-corrected chi connectivity index (χ1v) is 6.22. The Labute approximate surface area is 102 Å². The van der Waals surface area contributed by atoms with E-state index >= 15 is 0 Å². The lowest BCUT2D eigenvalue weighted by atomic mass is 9.94. The lowest BCUT2D eigenvalue weighted by molar-refractivity contribution is -0.155. The van der Waals surface area contributed by atoms with Crippen LogP contribution < -0.4 is 0 Å². The number of methoxy groups -OCH3 is 1. The second kappa shape index (κ2) is 5.04. The zero-order chi connectivity index (χ0) is 12.4. The molecule has 1 atom stereocenters. The van der Waals surface area contributed by atoms with Crippen LogP contribution in [0.4, 0.5) is 0 Å². The molecular formula is C12H20N2O3. The van der Waals surface area contributed by atoms with Crippen molar-refractivity contribution in [3.05, 3.63) is 0 Å². The first kappa shape index (κ1) is 12.4. The fourth-order valence-electron chi connectivity index (χ4n) is 2.75. The van der Waals surface area contributed by atoms with Gasteiger partial charge in [0, 0.05) is 32.6 Å². The average molecular weight is 240 g/mol. The van der Waals surface area contributed by atoms with Crippen molar-refractivity contribution >= 4 is 11.9 Å². The number of esters is 1. The van der Waals surface area contributed by atoms with Crippen LogP contribution in [0.15, 0.2) is 0 Å². The van der Waals surface area contributed by atoms with E-state index in [-0.39, 0.29) is 17.9 Å². The van der Waals surface area contributed by atoms with Gasteiger partial charge < -0.3 is 9.64 Å². The van der Waals surface area contributed by atoms with Crippen LogP contribution in [0.1, 0.15) is 26.2 Å². The Morgan fingerprint density at radius 2 is 1.76 bits per heavy atom. The smallest absolute Gasteiger partial charge is 0.323 e. The maximum atomic E-state index is 11.5. The number of piperidine rings is 1. The van der Waals surface area contributed by atoms with Gasteiger partial charge in [-0.25, -0.2) is 0 Å². The van der Waals surface area contributed by atoms with Gasteiger partial charge in [0.1, 0.15) is 6.04 Å². The SMILES string of the molecule is COC(=O)C1CCN1C1CCN(C(C)=O)CC1. The highest BCUT2D eigenvalue weighted by atomic mass is 16.5. The summed E-state index contributed by atoms with van der Waals surface area (Å²) in [5, 5.41) is 0. The van der Waals surface area contributed by atoms with Gasteiger partial charge in [0.25, 0.3) is 0 Å². The fraction of sp³-hybridized carbons (Fsp3) is 0.833. The number of amides is 1. The summed E-state index contributed by atoms with van der Waals surface area (Å²) in [5.41, 5.74) is 0. The predicted molar refractivity (Wildman–Crippen MR) is 62.4 cm³/mol. The van der Waals surface area contributed by atoms with E-state index in [1.807, 2.05) is 4.90 Å². The Morgan fingerprint density at radius 3 is 2.18 bits per heavy atom. The van der Waals surface area contributed by atoms with Crippen LogP contribution in [0.5, 0.6) is 0 Å². The monoisotopic (exact) mass is 240 g/mol. The molecule has 2 heterocycles. The Kier molecular flexibility index (Phi) is 3.66. The molecule has 2 fully saturated rings. The van der Waals surface area contributed by atoms with E-state index in [9.17, 15) is 9.59 Å². The molecule has 17 heavy (non-hydrogen) atoms. The average Bonchev–Trinajstić information content (AvgIpc) is 2.28. The molecule has 0 aromatic carbocycles. The first-order chi connectivity index (χ1) is 8.13. The van der Waals surface area contributed by atoms with Gasteiger partial charge >= 0.3 is 5.97 Å². The first-order valence-electron chi connectivity index (χ1n) is 6.22. The van der Waals surface area contributed by atoms with Crippen LogP contribution in [-0.2, 0) is 14.3 Å². The number of hydrogen-bond acceptors (Lipinski definition) is 4. The second-order valence-corrected chi connectivity index (χ2v) is 4.80. The number of carbonyl (C=O) groups excluding carboxylic acids is 2. The minimum Gasteiger partial charge on any atom is -0.468 e. The van der Waals surface area contributed by atoms with Gasteiger partial charge in [-0.15, -0.1) is 0 Å². The van der Waals surface area contributed by atoms with Gasteiger partial charge in [0.15, 0.2) is 0 Å². The molecular weight excluding hydrogens is 220 g/mol. The molecule has 5 nitrogen and oxygen atoms in total. The summed E-state index contributed by atoms with van der Waals surface area (Å²) in [6, 6.07) is 0.386. The third-order valence-corrected chi connectivity index (χ3v) is 3.91. The van der Waals surface area contributed by atoms with Gasteiger partial charge in [-0.1, -0.05) is 0 Å². The van der Waals surface area contributed by atoms with Crippen LogP contribution in [0, 0.1) is 0 Å². The van der Waals surface area contributed by atoms with Gasteiger partial charge in [0.2, 0.25) is 5.91 Å². The topological polar surface area (TPSA) is 49.9 Å². The van der Waals surface area contributed by atoms with Gasteiger partial charge in [0.05, 0.1) is 7.11 Å². The number of rotatable bonds is 2. The summed E-state index contributed by atoms with van der Waals surface area (Å²) in [4.78, 5) is 26.8. The van der Waals surface area contributed by atoms with E-state index in [1.54, 1.807) is 6.92 Å². The minimum atomic E-state index is -0.120. The van der Waals surface area contributed by atoms with Crippen molar-refractivity contribution in [1.82, 2.24) is 9.80 Å². The highest BCUT2D eigenvalue weighted by Gasteiger charge is 2.40. The van der Waals surface area contributed by atoms with E-state index in [2.05, 4.69) is 4.90 Å². The Hall–Kier alpha value is -1.10. The number of likely N-dealkylation sites (tertiary alicyclic amines) is 2. The molecule has 1 amide bonds. The molecule has 0 radical (unpaired) electrons. The summed E-state index contributed by atoms with van der Waals surface area (Å²) < 4.78 is 4.79. The molecule has 0 aromatic rings. The molecule has 0 N–H and O–H groups in total. The Morgan fingerprint density at radius 1 is 1.12 bits per heavy atom. The van der Waals surface area contributed by atoms with Crippen molar-refractivity contribution in [2.24, 2.45) is 0 Å². The van der Waals surface area contributed by atoms with Crippen LogP contribution in [0.3, 0.4) is 0 Å². The summed E-state index contributed by atoms with van der Waals surface area (Å²) in [6.07, 6.45) is 2.83. The molecule has 96 valence electrons. The highest BCUT2D eigenvalue weighted by molar-refractivity contribution is 5.76. The zero-order valence-corrected chi connectivity index (χ0v) is 10.5. The number of nitrogens with zero attached hydrogens (tertiary/aromatic N) is 2. The maximum absolute atomic E-state index is 11.5. The van der Waals surface area contributed by atoms with Gasteiger partial charge in [-0.2, -0.15) is 0 Å². The van der Waals surface area contributed by atoms with Crippen LogP contribution in [0.25, 0.3) is 0 Å². The Bertz CT molecular complexity index is 311. The normalized spacial score (nSPS) is 26.5. The molecule has 1 unspecified atom stereocenters. The zero-order valence-electron chi connectivity index (χ0n) is 10.5. The lowest BCUT2D eigenvalue weighted by Gasteiger charge is -2.47. The van der Waals surface area contributed by atoms with E-state index < -0.39 is 0 Å². The van der Waals surface area contributed by atoms with E-state index in [1.165, 1.54) is 7.11 Å². The third kappa shape index (κ3) is 2.44. The number of carbonyl (C=O) groups is 2. The van der Waals surface area contributed by atoms with Crippen LogP contribution in [0.2, 0.25) is 0 Å². The van der Waals surface area contributed by atoms with E-state index in [0.717, 1.165) is 38.9 Å². The molecule has 0 saturated carbocycles. The maximum Gasteiger partial charge on any atom is 0.323 e. The summed E-state index contributed by atoms with van der Waals surface area (Å²) in [7, 11) is 1.44. The number of hydrogen-bond donors (Lipinski definition) is 0. The number of ether oxygens (including phenoxy) is 1. The summed E-state index contributed by atoms with van der Waals surface area (Å²) >= 11 is 0. The van der Waals surface area contributed by atoms with E-state index in [0.29, 0.717) is 6.04 Å². The van der Waals surface area contributed by atoms with Crippen molar-refractivity contribution in [1.29, 1.82) is 0 Å². The molecule has 2 rings (SSSR count). The molecule has 0 spiro atoms. The molecule has 5 heteroatoms. The summed E-state index contributed by atoms with van der Waals surface area (Å²) in [6.45, 7) is 4.21. The predicted octanol–water partition coefficient (Wildman–Crippen LogP) is 0.245. The third-order valence-electron chi connectivity index (χ3n) is 3.91. The molecule has 2 aliphatic heterocycles. The van der Waals surface area contributed by atoms with Crippen molar-refractivity contribution < 1.29 is 14.3 Å². The van der Waals surface area contributed by atoms with E-state index in [4.69, 9.17) is 4.74 Å². The molecule has 0 aromatic heterocycles. The quantitative estimate of drug-likeness (QED) is 0.649. The largest absolute Gasteiger partial charge is 0.468 e. The molecule has 2 saturated heterocycles. The van der Waals surface area contributed by atoms with Crippen molar-refractivity contribution in [2.75, 3.05) is 26.7 Å². The molecule has 0 bridgehead atoms. The minimum absolute atomic E-state index is 0.0473. The fourth-order valence-corrected chi connectivity index (χ4v) is 2.75. The van der Waals surface area contributed by atoms with Gasteiger partial charge in [-0.3, -0.25) is 14.5 Å². The summed E-state index contributed by atoms with van der Waals surface area (Å²) in [5.74, 6) is 0.0295. The van der Waals surface area contributed by atoms with Crippen molar-refractivity contribution in [2.45, 2.75) is 38.3 Å². The lowest BCUT2D eigenvalue weighted by Crippen LogP contribution is -2.59. The van der Waals surface area contributed by atoms with Crippen LogP contribution in [-0.4, -0.2) is 60.5 Å². The van der Waals surface area contributed by atoms with Crippen molar-refractivity contribution in [3.8, 4) is 0 Å². The molecule has 0 aliphatic carbocycles. The van der Waals surface area contributed by atoms with Gasteiger partial charge in [-0.05, 0) is 19.3 Å². The Balaban J connectivity index is 1.85. The highest BCUT2D eigenvalue weighted by Crippen LogP contribution is 2.27. The van der Waals surface area contributed by atoms with Crippen LogP contribution >= 0.6 is 0 Å². The standard InChI is InChI=1S/C12H20N2O3/c1-9(15)13-6-3-10(4-7-13)14-8-5-11(14)12(16)17-2/h10-11H,3-8H2,1-2H3. The second-order valence-electron chi connectivity index (χ2n) is 4.80.